The van der Waals surface area contributed by atoms with Crippen molar-refractivity contribution >= 4 is 15.9 Å². The number of aryl methyl sites for hydroxylation is 2. The summed E-state index contributed by atoms with van der Waals surface area (Å²) in [7, 11) is -0.756. The molecule has 1 rings (SSSR count). The van der Waals surface area contributed by atoms with Gasteiger partial charge in [-0.05, 0) is 31.0 Å². The molecule has 0 saturated heterocycles. The molecule has 0 aliphatic heterocycles. The Balaban J connectivity index is 2.72. The Morgan fingerprint density at radius 1 is 1.35 bits per heavy atom. The van der Waals surface area contributed by atoms with Crippen molar-refractivity contribution in [2.45, 2.75) is 25.2 Å². The summed E-state index contributed by atoms with van der Waals surface area (Å²) in [5.41, 5.74) is 1.54. The van der Waals surface area contributed by atoms with Crippen LogP contribution in [-0.2, 0) is 19.7 Å². The van der Waals surface area contributed by atoms with Crippen molar-refractivity contribution in [1.82, 2.24) is 9.79 Å². The van der Waals surface area contributed by atoms with E-state index in [1.54, 1.807) is 19.1 Å². The molecule has 7 heteroatoms. The number of sulfonamides is 1. The van der Waals surface area contributed by atoms with E-state index in [0.29, 0.717) is 5.56 Å². The number of hydrogen-bond acceptors (Lipinski definition) is 4. The smallest absolute Gasteiger partial charge is 0.247 e. The third kappa shape index (κ3) is 4.29. The van der Waals surface area contributed by atoms with Gasteiger partial charge >= 0.3 is 0 Å². The molecule has 0 aromatic heterocycles. The minimum Gasteiger partial charge on any atom is -0.275 e. The molecule has 6 nitrogen and oxygen atoms in total. The first-order chi connectivity index (χ1) is 9.27. The second kappa shape index (κ2) is 6.83. The lowest BCUT2D eigenvalue weighted by Crippen LogP contribution is -2.31. The molecular formula is C13H20N2O4S. The van der Waals surface area contributed by atoms with Gasteiger partial charge in [0.15, 0.2) is 0 Å². The van der Waals surface area contributed by atoms with Crippen LogP contribution in [0.5, 0.6) is 0 Å². The first-order valence-corrected chi connectivity index (χ1v) is 7.64. The van der Waals surface area contributed by atoms with Crippen LogP contribution in [0.25, 0.3) is 0 Å². The summed E-state index contributed by atoms with van der Waals surface area (Å²) < 4.78 is 26.7. The van der Waals surface area contributed by atoms with E-state index in [0.717, 1.165) is 10.6 Å². The predicted octanol–water partition coefficient (Wildman–Crippen LogP) is 0.992. The van der Waals surface area contributed by atoms with Gasteiger partial charge in [0.2, 0.25) is 15.9 Å². The maximum absolute atomic E-state index is 12.2. The van der Waals surface area contributed by atoms with Gasteiger partial charge in [0.25, 0.3) is 0 Å². The highest BCUT2D eigenvalue weighted by molar-refractivity contribution is 7.89. The van der Waals surface area contributed by atoms with Crippen LogP contribution in [0.3, 0.4) is 0 Å². The van der Waals surface area contributed by atoms with Crippen LogP contribution < -0.4 is 4.72 Å². The van der Waals surface area contributed by atoms with Crippen molar-refractivity contribution in [1.29, 1.82) is 0 Å². The Hall–Kier alpha value is -1.44. The van der Waals surface area contributed by atoms with Gasteiger partial charge in [0, 0.05) is 20.0 Å². The van der Waals surface area contributed by atoms with E-state index in [2.05, 4.69) is 4.72 Å². The third-order valence-electron chi connectivity index (χ3n) is 2.89. The standard InChI is InChI=1S/C13H20N2O4S/c1-10-5-6-11(2)12(9-10)20(17,18)14-8-7-13(16)15(3)19-4/h5-6,9,14H,7-8H2,1-4H3. The van der Waals surface area contributed by atoms with E-state index < -0.39 is 10.0 Å². The van der Waals surface area contributed by atoms with Gasteiger partial charge in [0.1, 0.15) is 0 Å². The Bertz CT molecular complexity index is 584. The van der Waals surface area contributed by atoms with Crippen molar-refractivity contribution in [3.8, 4) is 0 Å². The van der Waals surface area contributed by atoms with Gasteiger partial charge in [-0.25, -0.2) is 18.2 Å². The zero-order valence-corrected chi connectivity index (χ0v) is 13.0. The molecule has 20 heavy (non-hydrogen) atoms. The molecular weight excluding hydrogens is 280 g/mol. The monoisotopic (exact) mass is 300 g/mol. The maximum Gasteiger partial charge on any atom is 0.247 e. The topological polar surface area (TPSA) is 75.7 Å². The molecule has 0 aliphatic carbocycles. The Morgan fingerprint density at radius 2 is 2.00 bits per heavy atom. The quantitative estimate of drug-likeness (QED) is 0.795. The van der Waals surface area contributed by atoms with Crippen LogP contribution in [0.4, 0.5) is 0 Å². The van der Waals surface area contributed by atoms with Gasteiger partial charge < -0.3 is 0 Å². The second-order valence-corrected chi connectivity index (χ2v) is 6.23. The fraction of sp³-hybridized carbons (Fsp3) is 0.462. The number of nitrogens with zero attached hydrogens (tertiary/aromatic N) is 1. The number of benzene rings is 1. The Kier molecular flexibility index (Phi) is 5.67. The van der Waals surface area contributed by atoms with Gasteiger partial charge in [-0.2, -0.15) is 0 Å². The number of hydroxylamine groups is 2. The van der Waals surface area contributed by atoms with Crippen LogP contribution in [0.2, 0.25) is 0 Å². The van der Waals surface area contributed by atoms with Gasteiger partial charge in [-0.3, -0.25) is 9.63 Å². The van der Waals surface area contributed by atoms with Crippen molar-refractivity contribution in [2.24, 2.45) is 0 Å². The molecule has 0 heterocycles. The molecule has 0 spiro atoms. The normalized spacial score (nSPS) is 11.4. The summed E-state index contributed by atoms with van der Waals surface area (Å²) in [6.45, 7) is 3.59. The summed E-state index contributed by atoms with van der Waals surface area (Å²) in [5.74, 6) is -0.295. The number of hydrogen-bond donors (Lipinski definition) is 1. The molecule has 1 aromatic rings. The van der Waals surface area contributed by atoms with Crippen molar-refractivity contribution in [3.63, 3.8) is 0 Å². The van der Waals surface area contributed by atoms with Crippen LogP contribution in [0, 0.1) is 13.8 Å². The summed E-state index contributed by atoms with van der Waals surface area (Å²) in [4.78, 5) is 16.4. The number of carbonyl (C=O) groups is 1. The first-order valence-electron chi connectivity index (χ1n) is 6.15. The molecule has 0 atom stereocenters. The van der Waals surface area contributed by atoms with E-state index in [-0.39, 0.29) is 23.8 Å². The molecule has 0 aliphatic rings. The Morgan fingerprint density at radius 3 is 2.60 bits per heavy atom. The van der Waals surface area contributed by atoms with Gasteiger partial charge in [0.05, 0.1) is 12.0 Å². The highest BCUT2D eigenvalue weighted by atomic mass is 32.2. The average molecular weight is 300 g/mol. The molecule has 0 bridgehead atoms. The van der Waals surface area contributed by atoms with E-state index in [1.165, 1.54) is 14.2 Å². The molecule has 1 N–H and O–H groups in total. The van der Waals surface area contributed by atoms with Crippen molar-refractivity contribution in [2.75, 3.05) is 20.7 Å². The lowest BCUT2D eigenvalue weighted by molar-refractivity contribution is -0.168. The molecule has 0 radical (unpaired) electrons. The summed E-state index contributed by atoms with van der Waals surface area (Å²) in [5, 5.41) is 1.06. The van der Waals surface area contributed by atoms with E-state index in [9.17, 15) is 13.2 Å². The van der Waals surface area contributed by atoms with E-state index in [4.69, 9.17) is 4.84 Å². The highest BCUT2D eigenvalue weighted by Gasteiger charge is 2.17. The Labute approximate surface area is 119 Å². The van der Waals surface area contributed by atoms with Crippen LogP contribution in [0.1, 0.15) is 17.5 Å². The largest absolute Gasteiger partial charge is 0.275 e. The maximum atomic E-state index is 12.2. The first kappa shape index (κ1) is 16.6. The predicted molar refractivity (Wildman–Crippen MR) is 75.5 cm³/mol. The van der Waals surface area contributed by atoms with Crippen molar-refractivity contribution < 1.29 is 18.0 Å². The molecule has 0 fully saturated rings. The fourth-order valence-electron chi connectivity index (χ4n) is 1.63. The van der Waals surface area contributed by atoms with Gasteiger partial charge in [-0.1, -0.05) is 12.1 Å². The molecule has 1 aromatic carbocycles. The van der Waals surface area contributed by atoms with Crippen LogP contribution >= 0.6 is 0 Å². The third-order valence-corrected chi connectivity index (χ3v) is 4.49. The zero-order valence-electron chi connectivity index (χ0n) is 12.1. The molecule has 0 saturated carbocycles. The average Bonchev–Trinajstić information content (AvgIpc) is 2.40. The summed E-state index contributed by atoms with van der Waals surface area (Å²) >= 11 is 0. The SMILES string of the molecule is CON(C)C(=O)CCNS(=O)(=O)c1cc(C)ccc1C. The molecule has 1 amide bonds. The summed E-state index contributed by atoms with van der Waals surface area (Å²) in [6, 6.07) is 5.22. The minimum atomic E-state index is -3.60. The van der Waals surface area contributed by atoms with Crippen molar-refractivity contribution in [3.05, 3.63) is 29.3 Å². The molecule has 112 valence electrons. The van der Waals surface area contributed by atoms with Crippen LogP contribution in [0.15, 0.2) is 23.1 Å². The zero-order chi connectivity index (χ0) is 15.3. The second-order valence-electron chi connectivity index (χ2n) is 4.49. The number of rotatable bonds is 6. The van der Waals surface area contributed by atoms with E-state index >= 15 is 0 Å². The number of amides is 1. The summed E-state index contributed by atoms with van der Waals surface area (Å²) in [6.07, 6.45) is 0.0361. The molecule has 0 unspecified atom stereocenters. The lowest BCUT2D eigenvalue weighted by atomic mass is 10.2. The fourth-order valence-corrected chi connectivity index (χ4v) is 2.99. The highest BCUT2D eigenvalue weighted by Crippen LogP contribution is 2.16. The minimum absolute atomic E-state index is 0.0300. The van der Waals surface area contributed by atoms with E-state index in [1.807, 2.05) is 13.0 Å². The van der Waals surface area contributed by atoms with Gasteiger partial charge in [-0.15, -0.1) is 0 Å². The lowest BCUT2D eigenvalue weighted by Gasteiger charge is -2.14. The van der Waals surface area contributed by atoms with Crippen LogP contribution in [-0.4, -0.2) is 40.1 Å². The number of nitrogens with one attached hydrogen (secondary N) is 1. The number of carbonyl (C=O) groups excluding carboxylic acids is 1.